The molecule has 3 nitrogen and oxygen atoms in total. The number of nitrogens with one attached hydrogen (secondary N) is 1. The minimum Gasteiger partial charge on any atom is -0.397 e. The molecule has 1 aromatic rings. The van der Waals surface area contributed by atoms with Crippen LogP contribution in [0.1, 0.15) is 12.8 Å². The van der Waals surface area contributed by atoms with Gasteiger partial charge in [0.1, 0.15) is 5.82 Å². The van der Waals surface area contributed by atoms with Crippen molar-refractivity contribution in [3.05, 3.63) is 22.4 Å². The van der Waals surface area contributed by atoms with Gasteiger partial charge < -0.3 is 15.8 Å². The zero-order valence-corrected chi connectivity index (χ0v) is 10.4. The van der Waals surface area contributed by atoms with E-state index in [4.69, 9.17) is 10.5 Å². The molecule has 0 aromatic heterocycles. The molecule has 0 aliphatic carbocycles. The summed E-state index contributed by atoms with van der Waals surface area (Å²) in [6.07, 6.45) is 1.98. The zero-order chi connectivity index (χ0) is 11.5. The number of nitrogen functional groups attached to an aromatic ring is 1. The van der Waals surface area contributed by atoms with E-state index in [1.807, 2.05) is 0 Å². The van der Waals surface area contributed by atoms with Crippen LogP contribution in [-0.4, -0.2) is 19.3 Å². The molecule has 1 fully saturated rings. The third-order valence-corrected chi connectivity index (χ3v) is 3.05. The Balaban J connectivity index is 2.14. The number of halogens is 2. The minimum atomic E-state index is -0.336. The van der Waals surface area contributed by atoms with Gasteiger partial charge in [0.2, 0.25) is 0 Å². The highest BCUT2D eigenvalue weighted by atomic mass is 79.9. The molecule has 1 heterocycles. The highest BCUT2D eigenvalue weighted by Crippen LogP contribution is 2.28. The Kier molecular flexibility index (Phi) is 3.66. The lowest BCUT2D eigenvalue weighted by atomic mass is 10.1. The quantitative estimate of drug-likeness (QED) is 0.823. The number of hydrogen-bond donors (Lipinski definition) is 2. The van der Waals surface area contributed by atoms with Gasteiger partial charge in [-0.1, -0.05) is 15.9 Å². The lowest BCUT2D eigenvalue weighted by molar-refractivity contribution is 0.0875. The lowest BCUT2D eigenvalue weighted by Crippen LogP contribution is -2.30. The summed E-state index contributed by atoms with van der Waals surface area (Å²) in [5.74, 6) is -0.336. The van der Waals surface area contributed by atoms with E-state index in [-0.39, 0.29) is 11.9 Å². The standard InChI is InChI=1S/C11H14BrFN2O/c12-7-4-9(13)11(10(14)5-7)15-8-2-1-3-16-6-8/h4-5,8,15H,1-3,6,14H2. The van der Waals surface area contributed by atoms with Crippen LogP contribution in [0.4, 0.5) is 15.8 Å². The van der Waals surface area contributed by atoms with Crippen molar-refractivity contribution in [2.45, 2.75) is 18.9 Å². The molecule has 1 aromatic carbocycles. The maximum Gasteiger partial charge on any atom is 0.149 e. The van der Waals surface area contributed by atoms with Crippen molar-refractivity contribution >= 4 is 27.3 Å². The molecule has 0 amide bonds. The second-order valence-electron chi connectivity index (χ2n) is 3.91. The Morgan fingerprint density at radius 1 is 1.50 bits per heavy atom. The van der Waals surface area contributed by atoms with Crippen molar-refractivity contribution in [3.8, 4) is 0 Å². The summed E-state index contributed by atoms with van der Waals surface area (Å²) >= 11 is 3.20. The van der Waals surface area contributed by atoms with Crippen LogP contribution < -0.4 is 11.1 Å². The Labute approximate surface area is 102 Å². The monoisotopic (exact) mass is 288 g/mol. The highest BCUT2D eigenvalue weighted by molar-refractivity contribution is 9.10. The maximum atomic E-state index is 13.7. The van der Waals surface area contributed by atoms with E-state index < -0.39 is 0 Å². The summed E-state index contributed by atoms with van der Waals surface area (Å²) in [7, 11) is 0. The van der Waals surface area contributed by atoms with Crippen LogP contribution in [0.5, 0.6) is 0 Å². The van der Waals surface area contributed by atoms with Crippen molar-refractivity contribution in [2.24, 2.45) is 0 Å². The fourth-order valence-corrected chi connectivity index (χ4v) is 2.25. The molecule has 16 heavy (non-hydrogen) atoms. The first-order chi connectivity index (χ1) is 7.66. The van der Waals surface area contributed by atoms with E-state index in [2.05, 4.69) is 21.2 Å². The van der Waals surface area contributed by atoms with Crippen molar-refractivity contribution in [2.75, 3.05) is 24.3 Å². The lowest BCUT2D eigenvalue weighted by Gasteiger charge is -2.25. The number of hydrogen-bond acceptors (Lipinski definition) is 3. The normalized spacial score (nSPS) is 20.8. The molecule has 0 saturated carbocycles. The minimum absolute atomic E-state index is 0.145. The van der Waals surface area contributed by atoms with Gasteiger partial charge in [-0.25, -0.2) is 4.39 Å². The van der Waals surface area contributed by atoms with Gasteiger partial charge in [-0.3, -0.25) is 0 Å². The Morgan fingerprint density at radius 3 is 2.94 bits per heavy atom. The summed E-state index contributed by atoms with van der Waals surface area (Å²) in [4.78, 5) is 0. The third kappa shape index (κ3) is 2.65. The fourth-order valence-electron chi connectivity index (χ4n) is 1.80. The van der Waals surface area contributed by atoms with Crippen LogP contribution >= 0.6 is 15.9 Å². The molecule has 1 saturated heterocycles. The molecule has 0 bridgehead atoms. The molecule has 1 aliphatic heterocycles. The van der Waals surface area contributed by atoms with Gasteiger partial charge in [0.25, 0.3) is 0 Å². The summed E-state index contributed by atoms with van der Waals surface area (Å²) in [5, 5.41) is 3.10. The average molecular weight is 289 g/mol. The van der Waals surface area contributed by atoms with Crippen molar-refractivity contribution in [3.63, 3.8) is 0 Å². The summed E-state index contributed by atoms with van der Waals surface area (Å²) in [6.45, 7) is 1.39. The van der Waals surface area contributed by atoms with E-state index in [0.29, 0.717) is 22.5 Å². The van der Waals surface area contributed by atoms with Gasteiger partial charge in [-0.05, 0) is 25.0 Å². The van der Waals surface area contributed by atoms with E-state index in [1.54, 1.807) is 6.07 Å². The van der Waals surface area contributed by atoms with Crippen LogP contribution in [0.2, 0.25) is 0 Å². The van der Waals surface area contributed by atoms with Gasteiger partial charge in [-0.15, -0.1) is 0 Å². The van der Waals surface area contributed by atoms with Crippen LogP contribution in [0.15, 0.2) is 16.6 Å². The summed E-state index contributed by atoms with van der Waals surface area (Å²) in [6, 6.07) is 3.24. The smallest absolute Gasteiger partial charge is 0.149 e. The molecule has 1 atom stereocenters. The van der Waals surface area contributed by atoms with E-state index in [9.17, 15) is 4.39 Å². The summed E-state index contributed by atoms with van der Waals surface area (Å²) in [5.41, 5.74) is 6.55. The third-order valence-electron chi connectivity index (χ3n) is 2.59. The predicted molar refractivity (Wildman–Crippen MR) is 66.0 cm³/mol. The van der Waals surface area contributed by atoms with E-state index >= 15 is 0 Å². The summed E-state index contributed by atoms with van der Waals surface area (Å²) < 4.78 is 19.6. The molecule has 0 radical (unpaired) electrons. The van der Waals surface area contributed by atoms with Crippen molar-refractivity contribution in [1.29, 1.82) is 0 Å². The number of nitrogens with two attached hydrogens (primary N) is 1. The van der Waals surface area contributed by atoms with Crippen LogP contribution in [0.3, 0.4) is 0 Å². The fraction of sp³-hybridized carbons (Fsp3) is 0.455. The molecule has 2 rings (SSSR count). The van der Waals surface area contributed by atoms with Crippen molar-refractivity contribution < 1.29 is 9.13 Å². The van der Waals surface area contributed by atoms with E-state index in [0.717, 1.165) is 19.4 Å². The largest absolute Gasteiger partial charge is 0.397 e. The molecule has 88 valence electrons. The molecule has 3 N–H and O–H groups in total. The molecule has 1 unspecified atom stereocenters. The van der Waals surface area contributed by atoms with Crippen LogP contribution in [0.25, 0.3) is 0 Å². The first-order valence-corrected chi connectivity index (χ1v) is 6.05. The number of rotatable bonds is 2. The molecule has 1 aliphatic rings. The van der Waals surface area contributed by atoms with Gasteiger partial charge in [0, 0.05) is 17.1 Å². The Hall–Kier alpha value is -0.810. The van der Waals surface area contributed by atoms with Crippen LogP contribution in [0, 0.1) is 5.82 Å². The average Bonchev–Trinajstić information content (AvgIpc) is 2.25. The van der Waals surface area contributed by atoms with Gasteiger partial charge in [-0.2, -0.15) is 0 Å². The second kappa shape index (κ2) is 5.01. The van der Waals surface area contributed by atoms with Gasteiger partial charge in [0.05, 0.1) is 18.0 Å². The first kappa shape index (κ1) is 11.7. The number of anilines is 2. The topological polar surface area (TPSA) is 47.3 Å². The number of ether oxygens (including phenoxy) is 1. The Morgan fingerprint density at radius 2 is 2.31 bits per heavy atom. The molecular weight excluding hydrogens is 275 g/mol. The Bertz CT molecular complexity index is 357. The second-order valence-corrected chi connectivity index (χ2v) is 4.83. The molecule has 5 heteroatoms. The van der Waals surface area contributed by atoms with Crippen LogP contribution in [-0.2, 0) is 4.74 Å². The highest BCUT2D eigenvalue weighted by Gasteiger charge is 2.17. The predicted octanol–water partition coefficient (Wildman–Crippen LogP) is 2.76. The SMILES string of the molecule is Nc1cc(Br)cc(F)c1NC1CCCOC1. The molecule has 0 spiro atoms. The maximum absolute atomic E-state index is 13.7. The van der Waals surface area contributed by atoms with Crippen molar-refractivity contribution in [1.82, 2.24) is 0 Å². The zero-order valence-electron chi connectivity index (χ0n) is 8.80. The number of benzene rings is 1. The van der Waals surface area contributed by atoms with Gasteiger partial charge >= 0.3 is 0 Å². The molecular formula is C11H14BrFN2O. The van der Waals surface area contributed by atoms with E-state index in [1.165, 1.54) is 6.07 Å². The van der Waals surface area contributed by atoms with Gasteiger partial charge in [0.15, 0.2) is 0 Å². The first-order valence-electron chi connectivity index (χ1n) is 5.25.